The van der Waals surface area contributed by atoms with E-state index in [0.29, 0.717) is 16.2 Å². The Hall–Kier alpha value is -3.01. The number of carbonyl (C=O) groups excluding carboxylic acids is 2. The number of allylic oxidation sites excluding steroid dienone is 1. The molecule has 0 saturated carbocycles. The molecule has 2 aromatic rings. The van der Waals surface area contributed by atoms with Crippen molar-refractivity contribution in [1.29, 1.82) is 0 Å². The van der Waals surface area contributed by atoms with E-state index in [-0.39, 0.29) is 33.2 Å². The number of halogens is 2. The SMILES string of the molecule is Nc1nc(/C(=N/O)C(=O)N[C@@H]2C(=O)N3C(C(=O)O)=C(Sc4c(Cl)cnnc4Cl)CC[C@H]23)ns1. The van der Waals surface area contributed by atoms with Crippen LogP contribution in [-0.4, -0.2) is 70.3 Å². The second kappa shape index (κ2) is 9.09. The number of rotatable bonds is 6. The molecule has 4 heterocycles. The fraction of sp³-hybridized carbons (Fsp3) is 0.250. The highest BCUT2D eigenvalue weighted by molar-refractivity contribution is 8.03. The average molecular weight is 531 g/mol. The highest BCUT2D eigenvalue weighted by atomic mass is 35.5. The molecule has 2 aliphatic heterocycles. The zero-order valence-corrected chi connectivity index (χ0v) is 19.2. The lowest BCUT2D eigenvalue weighted by Gasteiger charge is -2.50. The summed E-state index contributed by atoms with van der Waals surface area (Å²) in [5, 5.41) is 31.9. The van der Waals surface area contributed by atoms with Gasteiger partial charge < -0.3 is 21.4 Å². The highest BCUT2D eigenvalue weighted by Gasteiger charge is 2.54. The largest absolute Gasteiger partial charge is 0.477 e. The number of carboxylic acids is 1. The Balaban J connectivity index is 1.55. The van der Waals surface area contributed by atoms with E-state index >= 15 is 0 Å². The summed E-state index contributed by atoms with van der Waals surface area (Å²) in [6, 6.07) is -1.65. The molecular weight excluding hydrogens is 519 g/mol. The van der Waals surface area contributed by atoms with E-state index in [9.17, 15) is 24.7 Å². The van der Waals surface area contributed by atoms with Gasteiger partial charge in [0.25, 0.3) is 11.8 Å². The van der Waals surface area contributed by atoms with Gasteiger partial charge in [-0.25, -0.2) is 4.79 Å². The van der Waals surface area contributed by atoms with Crippen LogP contribution in [0.25, 0.3) is 0 Å². The van der Waals surface area contributed by atoms with Gasteiger partial charge in [-0.2, -0.15) is 14.5 Å². The van der Waals surface area contributed by atoms with Crippen LogP contribution in [0.1, 0.15) is 18.7 Å². The number of carbonyl (C=O) groups is 3. The molecule has 0 bridgehead atoms. The van der Waals surface area contributed by atoms with Gasteiger partial charge in [-0.15, -0.1) is 5.10 Å². The summed E-state index contributed by atoms with van der Waals surface area (Å²) in [7, 11) is 0. The molecule has 1 fully saturated rings. The molecule has 0 unspecified atom stereocenters. The van der Waals surface area contributed by atoms with E-state index in [0.717, 1.165) is 28.2 Å². The van der Waals surface area contributed by atoms with Crippen LogP contribution in [0, 0.1) is 0 Å². The summed E-state index contributed by atoms with van der Waals surface area (Å²) >= 11 is 13.9. The number of hydrogen-bond acceptors (Lipinski definition) is 12. The molecule has 1 saturated heterocycles. The van der Waals surface area contributed by atoms with Crippen molar-refractivity contribution >= 4 is 75.1 Å². The van der Waals surface area contributed by atoms with Gasteiger partial charge >= 0.3 is 5.97 Å². The lowest BCUT2D eigenvalue weighted by Crippen LogP contribution is -2.72. The number of nitrogens with two attached hydrogens (primary N) is 1. The number of carboxylic acid groups (broad SMARTS) is 1. The Morgan fingerprint density at radius 2 is 2.15 bits per heavy atom. The van der Waals surface area contributed by atoms with Crippen molar-refractivity contribution in [2.24, 2.45) is 5.16 Å². The number of hydrogen-bond donors (Lipinski definition) is 4. The Morgan fingerprint density at radius 3 is 2.76 bits per heavy atom. The Kier molecular flexibility index (Phi) is 6.38. The van der Waals surface area contributed by atoms with Crippen molar-refractivity contribution < 1.29 is 24.7 Å². The molecule has 0 spiro atoms. The maximum atomic E-state index is 12.8. The van der Waals surface area contributed by atoms with E-state index in [4.69, 9.17) is 28.9 Å². The first-order valence-electron chi connectivity index (χ1n) is 8.99. The van der Waals surface area contributed by atoms with Gasteiger partial charge in [0.2, 0.25) is 11.5 Å². The van der Waals surface area contributed by atoms with Gasteiger partial charge in [0.15, 0.2) is 10.3 Å². The van der Waals surface area contributed by atoms with Crippen LogP contribution in [0.5, 0.6) is 0 Å². The Bertz CT molecular complexity index is 1210. The van der Waals surface area contributed by atoms with Crippen molar-refractivity contribution in [2.75, 3.05) is 5.73 Å². The van der Waals surface area contributed by atoms with E-state index in [1.807, 2.05) is 0 Å². The predicted molar refractivity (Wildman–Crippen MR) is 117 cm³/mol. The van der Waals surface area contributed by atoms with Crippen LogP contribution in [0.15, 0.2) is 26.9 Å². The lowest BCUT2D eigenvalue weighted by atomic mass is 9.86. The number of amides is 2. The summed E-state index contributed by atoms with van der Waals surface area (Å²) in [5.74, 6) is -3.07. The van der Waals surface area contributed by atoms with Crippen LogP contribution in [0.4, 0.5) is 5.13 Å². The number of anilines is 1. The molecular formula is C16H12Cl2N8O5S2. The maximum absolute atomic E-state index is 12.8. The highest BCUT2D eigenvalue weighted by Crippen LogP contribution is 2.45. The zero-order valence-electron chi connectivity index (χ0n) is 16.1. The normalized spacial score (nSPS) is 20.4. The first-order valence-corrected chi connectivity index (χ1v) is 11.3. The molecule has 2 aromatic heterocycles. The third kappa shape index (κ3) is 4.19. The van der Waals surface area contributed by atoms with Gasteiger partial charge in [0.05, 0.1) is 22.2 Å². The topological polar surface area (TPSA) is 197 Å². The number of oxime groups is 1. The van der Waals surface area contributed by atoms with Crippen molar-refractivity contribution in [3.05, 3.63) is 32.8 Å². The summed E-state index contributed by atoms with van der Waals surface area (Å²) in [5.41, 5.74) is 4.72. The van der Waals surface area contributed by atoms with Crippen molar-refractivity contribution in [3.63, 3.8) is 0 Å². The molecule has 0 aromatic carbocycles. The standard InChI is InChI=1S/C16H12Cl2N8O5S2/c17-4-3-20-23-11(18)10(4)32-6-2-1-5-7(14(28)26(5)9(6)15(29)30)21-13(27)8(24-31)12-22-16(19)33-25-12/h3,5,7,31H,1-2H2,(H,21,27)(H,29,30)(H2,19,22,25)/b24-8-/t5-,7+/m1/s1. The van der Waals surface area contributed by atoms with Gasteiger partial charge in [-0.3, -0.25) is 14.5 Å². The molecule has 5 N–H and O–H groups in total. The fourth-order valence-corrected chi connectivity index (χ4v) is 5.42. The minimum Gasteiger partial charge on any atom is -0.477 e. The first-order chi connectivity index (χ1) is 15.7. The summed E-state index contributed by atoms with van der Waals surface area (Å²) in [6.07, 6.45) is 1.89. The second-order valence-electron chi connectivity index (χ2n) is 6.66. The lowest BCUT2D eigenvalue weighted by molar-refractivity contribution is -0.155. The maximum Gasteiger partial charge on any atom is 0.353 e. The van der Waals surface area contributed by atoms with Crippen molar-refractivity contribution in [3.8, 4) is 0 Å². The number of nitrogens with zero attached hydrogens (tertiary/aromatic N) is 6. The monoisotopic (exact) mass is 530 g/mol. The molecule has 0 aliphatic carbocycles. The predicted octanol–water partition coefficient (Wildman–Crippen LogP) is 0.973. The molecule has 17 heteroatoms. The molecule has 2 aliphatic rings. The summed E-state index contributed by atoms with van der Waals surface area (Å²) < 4.78 is 3.80. The first kappa shape index (κ1) is 23.2. The van der Waals surface area contributed by atoms with Gasteiger partial charge in [0, 0.05) is 16.4 Å². The molecule has 33 heavy (non-hydrogen) atoms. The minimum absolute atomic E-state index is 0.000885. The second-order valence-corrected chi connectivity index (χ2v) is 9.32. The smallest absolute Gasteiger partial charge is 0.353 e. The van der Waals surface area contributed by atoms with E-state index in [1.165, 1.54) is 6.20 Å². The summed E-state index contributed by atoms with van der Waals surface area (Å²) in [4.78, 5) is 42.9. The number of fused-ring (bicyclic) bond motifs is 1. The number of nitrogens with one attached hydrogen (secondary N) is 1. The number of nitrogen functional groups attached to an aromatic ring is 1. The van der Waals surface area contributed by atoms with Crippen LogP contribution in [0.3, 0.4) is 0 Å². The van der Waals surface area contributed by atoms with E-state index in [1.54, 1.807) is 0 Å². The van der Waals surface area contributed by atoms with Crippen molar-refractivity contribution in [1.82, 2.24) is 29.8 Å². The Morgan fingerprint density at radius 1 is 1.39 bits per heavy atom. The number of β-lactam (4-membered cyclic amide) rings is 1. The quantitative estimate of drug-likeness (QED) is 0.179. The van der Waals surface area contributed by atoms with Crippen LogP contribution >= 0.6 is 46.5 Å². The third-order valence-electron chi connectivity index (χ3n) is 4.80. The third-order valence-corrected chi connectivity index (χ3v) is 7.38. The fourth-order valence-electron chi connectivity index (χ4n) is 3.41. The Labute approximate surface area is 202 Å². The van der Waals surface area contributed by atoms with Crippen LogP contribution < -0.4 is 11.1 Å². The van der Waals surface area contributed by atoms with Crippen LogP contribution in [-0.2, 0) is 14.4 Å². The summed E-state index contributed by atoms with van der Waals surface area (Å²) in [6.45, 7) is 0. The zero-order chi connectivity index (χ0) is 23.9. The van der Waals surface area contributed by atoms with Crippen molar-refractivity contribution in [2.45, 2.75) is 29.8 Å². The van der Waals surface area contributed by atoms with Crippen LogP contribution in [0.2, 0.25) is 10.2 Å². The number of thioether (sulfide) groups is 1. The van der Waals surface area contributed by atoms with Gasteiger partial charge in [-0.1, -0.05) is 40.1 Å². The van der Waals surface area contributed by atoms with E-state index in [2.05, 4.69) is 30.0 Å². The number of aliphatic carboxylic acids is 1. The molecule has 13 nitrogen and oxygen atoms in total. The molecule has 2 atom stereocenters. The van der Waals surface area contributed by atoms with Gasteiger partial charge in [-0.05, 0) is 12.8 Å². The molecule has 4 rings (SSSR count). The molecule has 172 valence electrons. The molecule has 0 radical (unpaired) electrons. The average Bonchev–Trinajstić information content (AvgIpc) is 3.20. The van der Waals surface area contributed by atoms with Gasteiger partial charge in [0.1, 0.15) is 11.7 Å². The minimum atomic E-state index is -1.32. The molecule has 2 amide bonds. The van der Waals surface area contributed by atoms with E-state index < -0.39 is 35.6 Å². The number of aromatic nitrogens is 4.